The summed E-state index contributed by atoms with van der Waals surface area (Å²) in [6.45, 7) is 2.02. The largest absolute Gasteiger partial charge is 0.573 e. The average molecular weight is 300 g/mol. The number of carbonyl (C=O) groups excluding carboxylic acids is 1. The zero-order valence-electron chi connectivity index (χ0n) is 11.2. The minimum absolute atomic E-state index is 0.131. The molecule has 114 valence electrons. The molecule has 1 amide bonds. The van der Waals surface area contributed by atoms with Crippen molar-refractivity contribution < 1.29 is 22.7 Å². The molecule has 0 fully saturated rings. The van der Waals surface area contributed by atoms with Crippen LogP contribution in [0.1, 0.15) is 16.8 Å². The van der Waals surface area contributed by atoms with Gasteiger partial charge in [-0.05, 0) is 31.2 Å². The van der Waals surface area contributed by atoms with Gasteiger partial charge in [-0.15, -0.1) is 13.2 Å². The molecule has 1 aromatic rings. The van der Waals surface area contributed by atoms with E-state index in [9.17, 15) is 18.0 Å². The third-order valence-electron chi connectivity index (χ3n) is 2.96. The van der Waals surface area contributed by atoms with Crippen LogP contribution < -0.4 is 15.4 Å². The van der Waals surface area contributed by atoms with Crippen LogP contribution >= 0.6 is 0 Å². The van der Waals surface area contributed by atoms with Gasteiger partial charge in [-0.3, -0.25) is 4.79 Å². The van der Waals surface area contributed by atoms with Crippen LogP contribution in [0, 0.1) is 0 Å². The van der Waals surface area contributed by atoms with Gasteiger partial charge in [-0.25, -0.2) is 0 Å². The quantitative estimate of drug-likeness (QED) is 0.839. The van der Waals surface area contributed by atoms with Crippen molar-refractivity contribution >= 4 is 5.91 Å². The van der Waals surface area contributed by atoms with Crippen molar-refractivity contribution in [3.05, 3.63) is 41.5 Å². The van der Waals surface area contributed by atoms with E-state index in [1.165, 1.54) is 12.1 Å². The highest BCUT2D eigenvalue weighted by Crippen LogP contribution is 2.23. The van der Waals surface area contributed by atoms with Gasteiger partial charge in [0.2, 0.25) is 0 Å². The van der Waals surface area contributed by atoms with Crippen LogP contribution in [0.5, 0.6) is 5.75 Å². The Labute approximate surface area is 120 Å². The van der Waals surface area contributed by atoms with Crippen molar-refractivity contribution in [2.75, 3.05) is 19.6 Å². The number of nitrogens with one attached hydrogen (secondary N) is 2. The van der Waals surface area contributed by atoms with Gasteiger partial charge in [0.05, 0.1) is 0 Å². The summed E-state index contributed by atoms with van der Waals surface area (Å²) in [5, 5.41) is 5.84. The molecule has 2 rings (SSSR count). The Bertz CT molecular complexity index is 541. The van der Waals surface area contributed by atoms with Crippen molar-refractivity contribution in [2.45, 2.75) is 12.8 Å². The van der Waals surface area contributed by atoms with Gasteiger partial charge in [0.25, 0.3) is 5.91 Å². The number of hydrogen-bond donors (Lipinski definition) is 2. The smallest absolute Gasteiger partial charge is 0.406 e. The summed E-state index contributed by atoms with van der Waals surface area (Å²) < 4.78 is 40.2. The van der Waals surface area contributed by atoms with Gasteiger partial charge in [-0.2, -0.15) is 0 Å². The molecule has 0 bridgehead atoms. The number of ether oxygens (including phenoxy) is 1. The fourth-order valence-corrected chi connectivity index (χ4v) is 1.96. The fourth-order valence-electron chi connectivity index (χ4n) is 1.96. The Morgan fingerprint density at radius 2 is 2.19 bits per heavy atom. The van der Waals surface area contributed by atoms with E-state index in [-0.39, 0.29) is 5.56 Å². The molecule has 0 saturated heterocycles. The number of benzene rings is 1. The van der Waals surface area contributed by atoms with Crippen molar-refractivity contribution in [1.29, 1.82) is 0 Å². The summed E-state index contributed by atoms with van der Waals surface area (Å²) in [4.78, 5) is 11.9. The molecule has 1 aromatic carbocycles. The zero-order valence-corrected chi connectivity index (χ0v) is 11.2. The third kappa shape index (κ3) is 5.11. The number of rotatable bonds is 4. The van der Waals surface area contributed by atoms with Crippen molar-refractivity contribution in [3.8, 4) is 5.75 Å². The van der Waals surface area contributed by atoms with E-state index in [1.54, 1.807) is 0 Å². The predicted octanol–water partition coefficient (Wildman–Crippen LogP) is 2.23. The monoisotopic (exact) mass is 300 g/mol. The summed E-state index contributed by atoms with van der Waals surface area (Å²) in [6, 6.07) is 5.01. The molecule has 4 nitrogen and oxygen atoms in total. The van der Waals surface area contributed by atoms with Crippen LogP contribution in [0.3, 0.4) is 0 Å². The van der Waals surface area contributed by atoms with Crippen molar-refractivity contribution in [3.63, 3.8) is 0 Å². The maximum atomic E-state index is 12.1. The Morgan fingerprint density at radius 1 is 1.38 bits per heavy atom. The van der Waals surface area contributed by atoms with E-state index in [0.29, 0.717) is 6.54 Å². The van der Waals surface area contributed by atoms with Gasteiger partial charge in [-0.1, -0.05) is 17.7 Å². The van der Waals surface area contributed by atoms with Crippen molar-refractivity contribution in [1.82, 2.24) is 10.6 Å². The molecule has 21 heavy (non-hydrogen) atoms. The lowest BCUT2D eigenvalue weighted by atomic mass is 10.1. The van der Waals surface area contributed by atoms with Crippen LogP contribution in [0.15, 0.2) is 35.9 Å². The first kappa shape index (κ1) is 15.4. The third-order valence-corrected chi connectivity index (χ3v) is 2.96. The molecule has 0 spiro atoms. The average Bonchev–Trinajstić information content (AvgIpc) is 2.44. The second-order valence-electron chi connectivity index (χ2n) is 4.57. The summed E-state index contributed by atoms with van der Waals surface area (Å²) in [7, 11) is 0. The fraction of sp³-hybridized carbons (Fsp3) is 0.357. The summed E-state index contributed by atoms with van der Waals surface area (Å²) in [5.74, 6) is -0.835. The molecule has 1 aliphatic heterocycles. The molecule has 0 aliphatic carbocycles. The Kier molecular flexibility index (Phi) is 4.85. The number of alkyl halides is 3. The second kappa shape index (κ2) is 6.62. The van der Waals surface area contributed by atoms with Gasteiger partial charge >= 0.3 is 6.36 Å². The molecule has 0 unspecified atom stereocenters. The standard InChI is InChI=1S/C14H15F3N2O2/c15-14(16,17)21-12-3-1-2-11(8-12)13(20)19-9-10-4-6-18-7-5-10/h1-4,8,18H,5-7,9H2,(H,19,20). The zero-order chi connectivity index (χ0) is 15.3. The minimum Gasteiger partial charge on any atom is -0.406 e. The van der Waals surface area contributed by atoms with Crippen LogP contribution in [-0.4, -0.2) is 31.9 Å². The van der Waals surface area contributed by atoms with Gasteiger partial charge < -0.3 is 15.4 Å². The molecule has 0 aromatic heterocycles. The highest BCUT2D eigenvalue weighted by Gasteiger charge is 2.31. The van der Waals surface area contributed by atoms with E-state index in [2.05, 4.69) is 15.4 Å². The van der Waals surface area contributed by atoms with Crippen molar-refractivity contribution in [2.24, 2.45) is 0 Å². The predicted molar refractivity (Wildman–Crippen MR) is 71.0 cm³/mol. The Morgan fingerprint density at radius 3 is 2.86 bits per heavy atom. The van der Waals surface area contributed by atoms with E-state index < -0.39 is 18.0 Å². The Hall–Kier alpha value is -2.02. The molecule has 0 radical (unpaired) electrons. The number of hydrogen-bond acceptors (Lipinski definition) is 3. The second-order valence-corrected chi connectivity index (χ2v) is 4.57. The number of amides is 1. The van der Waals surface area contributed by atoms with Crippen LogP contribution in [0.2, 0.25) is 0 Å². The first-order chi connectivity index (χ1) is 9.94. The molecular formula is C14H15F3N2O2. The SMILES string of the molecule is O=C(NCC1=CCNCC1)c1cccc(OC(F)(F)F)c1. The Balaban J connectivity index is 1.95. The van der Waals surface area contributed by atoms with Crippen LogP contribution in [0.25, 0.3) is 0 Å². The maximum absolute atomic E-state index is 12.1. The molecule has 7 heteroatoms. The molecule has 0 saturated carbocycles. The summed E-state index contributed by atoms with van der Waals surface area (Å²) >= 11 is 0. The summed E-state index contributed by atoms with van der Waals surface area (Å²) in [6.07, 6.45) is -1.93. The van der Waals surface area contributed by atoms with Crippen LogP contribution in [0.4, 0.5) is 13.2 Å². The van der Waals surface area contributed by atoms with E-state index in [0.717, 1.165) is 37.2 Å². The number of carbonyl (C=O) groups is 1. The molecular weight excluding hydrogens is 285 g/mol. The van der Waals surface area contributed by atoms with Crippen LogP contribution in [-0.2, 0) is 0 Å². The minimum atomic E-state index is -4.77. The highest BCUT2D eigenvalue weighted by atomic mass is 19.4. The molecule has 2 N–H and O–H groups in total. The van der Waals surface area contributed by atoms with Gasteiger partial charge in [0, 0.05) is 18.7 Å². The maximum Gasteiger partial charge on any atom is 0.573 e. The molecule has 1 aliphatic rings. The normalized spacial score (nSPS) is 15.3. The topological polar surface area (TPSA) is 50.4 Å². The number of halogens is 3. The van der Waals surface area contributed by atoms with E-state index >= 15 is 0 Å². The van der Waals surface area contributed by atoms with Gasteiger partial charge in [0.1, 0.15) is 5.75 Å². The summed E-state index contributed by atoms with van der Waals surface area (Å²) in [5.41, 5.74) is 1.23. The highest BCUT2D eigenvalue weighted by molar-refractivity contribution is 5.94. The van der Waals surface area contributed by atoms with E-state index in [1.807, 2.05) is 6.08 Å². The first-order valence-corrected chi connectivity index (χ1v) is 6.47. The first-order valence-electron chi connectivity index (χ1n) is 6.47. The lowest BCUT2D eigenvalue weighted by Crippen LogP contribution is -2.29. The molecule has 1 heterocycles. The molecule has 0 atom stereocenters. The lowest BCUT2D eigenvalue weighted by Gasteiger charge is -2.15. The van der Waals surface area contributed by atoms with Gasteiger partial charge in [0.15, 0.2) is 0 Å². The lowest BCUT2D eigenvalue weighted by molar-refractivity contribution is -0.274. The van der Waals surface area contributed by atoms with E-state index in [4.69, 9.17) is 0 Å².